The number of fused-ring (bicyclic) bond motifs is 1. The Morgan fingerprint density at radius 3 is 2.93 bits per heavy atom. The van der Waals surface area contributed by atoms with Crippen LogP contribution in [0.4, 0.5) is 0 Å². The molecule has 1 atom stereocenters. The molecule has 2 rings (SSSR count). The maximum absolute atomic E-state index is 11.2. The molecule has 0 spiro atoms. The molecule has 4 heteroatoms. The summed E-state index contributed by atoms with van der Waals surface area (Å²) in [7, 11) is 1.34. The highest BCUT2D eigenvalue weighted by Gasteiger charge is 2.45. The third-order valence-corrected chi connectivity index (χ3v) is 2.62. The summed E-state index contributed by atoms with van der Waals surface area (Å²) in [5.41, 5.74) is 1.55. The molecule has 0 saturated carbocycles. The van der Waals surface area contributed by atoms with Crippen molar-refractivity contribution in [3.05, 3.63) is 35.4 Å². The van der Waals surface area contributed by atoms with E-state index in [-0.39, 0.29) is 0 Å². The third kappa shape index (κ3) is 1.42. The number of rotatable bonds is 2. The van der Waals surface area contributed by atoms with Crippen LogP contribution in [0, 0.1) is 0 Å². The molecule has 0 aromatic heterocycles. The predicted octanol–water partition coefficient (Wildman–Crippen LogP) is 1.14. The third-order valence-electron chi connectivity index (χ3n) is 2.62. The maximum Gasteiger partial charge on any atom is 0.369 e. The van der Waals surface area contributed by atoms with Gasteiger partial charge in [0, 0.05) is 12.7 Å². The molecule has 1 N–H and O–H groups in total. The molecule has 1 aliphatic rings. The van der Waals surface area contributed by atoms with Gasteiger partial charge in [-0.1, -0.05) is 24.3 Å². The van der Waals surface area contributed by atoms with E-state index in [1.165, 1.54) is 7.11 Å². The van der Waals surface area contributed by atoms with Crippen LogP contribution in [0.2, 0.25) is 0 Å². The number of methoxy groups -OCH3 is 1. The van der Waals surface area contributed by atoms with E-state index in [2.05, 4.69) is 0 Å². The minimum atomic E-state index is -1.63. The number of hydrogen-bond acceptors (Lipinski definition) is 3. The molecule has 0 fully saturated rings. The van der Waals surface area contributed by atoms with Gasteiger partial charge in [-0.3, -0.25) is 0 Å². The molecule has 0 saturated heterocycles. The largest absolute Gasteiger partial charge is 0.477 e. The summed E-state index contributed by atoms with van der Waals surface area (Å²) in [5.74, 6) is -2.74. The van der Waals surface area contributed by atoms with Gasteiger partial charge < -0.3 is 14.6 Å². The quantitative estimate of drug-likeness (QED) is 0.791. The van der Waals surface area contributed by atoms with Gasteiger partial charge in [0.25, 0.3) is 5.79 Å². The predicted molar refractivity (Wildman–Crippen MR) is 52.4 cm³/mol. The fourth-order valence-electron chi connectivity index (χ4n) is 1.87. The Morgan fingerprint density at radius 2 is 2.27 bits per heavy atom. The normalized spacial score (nSPS) is 24.6. The van der Waals surface area contributed by atoms with Crippen molar-refractivity contribution in [2.75, 3.05) is 13.7 Å². The van der Waals surface area contributed by atoms with Crippen LogP contribution < -0.4 is 0 Å². The molecule has 1 heterocycles. The molecule has 1 aromatic carbocycles. The topological polar surface area (TPSA) is 55.8 Å². The van der Waals surface area contributed by atoms with Crippen molar-refractivity contribution in [2.45, 2.75) is 12.2 Å². The second-order valence-corrected chi connectivity index (χ2v) is 3.38. The Balaban J connectivity index is 2.57. The lowest BCUT2D eigenvalue weighted by atomic mass is 9.95. The highest BCUT2D eigenvalue weighted by Crippen LogP contribution is 2.33. The summed E-state index contributed by atoms with van der Waals surface area (Å²) in [6, 6.07) is 7.29. The zero-order chi connectivity index (χ0) is 10.9. The molecule has 0 amide bonds. The Kier molecular flexibility index (Phi) is 2.46. The minimum Gasteiger partial charge on any atom is -0.477 e. The molecule has 1 aliphatic heterocycles. The summed E-state index contributed by atoms with van der Waals surface area (Å²) < 4.78 is 10.3. The molecule has 0 radical (unpaired) electrons. The molecule has 1 unspecified atom stereocenters. The summed E-state index contributed by atoms with van der Waals surface area (Å²) in [5, 5.41) is 9.19. The first-order valence-electron chi connectivity index (χ1n) is 4.71. The van der Waals surface area contributed by atoms with E-state index in [0.29, 0.717) is 18.6 Å². The van der Waals surface area contributed by atoms with Crippen molar-refractivity contribution in [3.63, 3.8) is 0 Å². The monoisotopic (exact) mass is 208 g/mol. The first kappa shape index (κ1) is 10.1. The molecule has 1 aromatic rings. The Bertz CT molecular complexity index is 388. The Hall–Kier alpha value is -1.39. The lowest BCUT2D eigenvalue weighted by Crippen LogP contribution is -2.44. The molecular formula is C11H12O4. The van der Waals surface area contributed by atoms with E-state index in [4.69, 9.17) is 9.47 Å². The van der Waals surface area contributed by atoms with Gasteiger partial charge in [0.05, 0.1) is 6.61 Å². The van der Waals surface area contributed by atoms with Gasteiger partial charge in [0.15, 0.2) is 0 Å². The molecule has 0 bridgehead atoms. The molecule has 0 aliphatic carbocycles. The first-order chi connectivity index (χ1) is 7.20. The van der Waals surface area contributed by atoms with Crippen LogP contribution in [0.5, 0.6) is 0 Å². The number of aliphatic carboxylic acids is 1. The van der Waals surface area contributed by atoms with Gasteiger partial charge in [-0.15, -0.1) is 0 Å². The standard InChI is InChI=1S/C11H12O4/c1-14-11(10(12)13)9-5-3-2-4-8(9)6-7-15-11/h2-5H,6-7H2,1H3,(H,12,13). The van der Waals surface area contributed by atoms with Crippen molar-refractivity contribution in [1.29, 1.82) is 0 Å². The lowest BCUT2D eigenvalue weighted by molar-refractivity contribution is -0.245. The smallest absolute Gasteiger partial charge is 0.369 e. The average molecular weight is 208 g/mol. The first-order valence-corrected chi connectivity index (χ1v) is 4.71. The van der Waals surface area contributed by atoms with E-state index in [1.807, 2.05) is 12.1 Å². The van der Waals surface area contributed by atoms with Crippen LogP contribution in [0.25, 0.3) is 0 Å². The van der Waals surface area contributed by atoms with Crippen LogP contribution in [-0.2, 0) is 26.5 Å². The second kappa shape index (κ2) is 3.64. The van der Waals surface area contributed by atoms with E-state index in [9.17, 15) is 9.90 Å². The van der Waals surface area contributed by atoms with Crippen LogP contribution in [0.3, 0.4) is 0 Å². The van der Waals surface area contributed by atoms with Gasteiger partial charge in [-0.25, -0.2) is 4.79 Å². The van der Waals surface area contributed by atoms with Crippen molar-refractivity contribution < 1.29 is 19.4 Å². The zero-order valence-electron chi connectivity index (χ0n) is 8.40. The molecular weight excluding hydrogens is 196 g/mol. The Morgan fingerprint density at radius 1 is 1.53 bits per heavy atom. The van der Waals surface area contributed by atoms with E-state index >= 15 is 0 Å². The van der Waals surface area contributed by atoms with Crippen molar-refractivity contribution >= 4 is 5.97 Å². The Labute approximate surface area is 87.4 Å². The highest BCUT2D eigenvalue weighted by molar-refractivity contribution is 5.78. The van der Waals surface area contributed by atoms with Crippen molar-refractivity contribution in [2.24, 2.45) is 0 Å². The van der Waals surface area contributed by atoms with Crippen LogP contribution in [0.15, 0.2) is 24.3 Å². The van der Waals surface area contributed by atoms with Crippen LogP contribution in [-0.4, -0.2) is 24.8 Å². The summed E-state index contributed by atoms with van der Waals surface area (Å²) >= 11 is 0. The number of hydrogen-bond donors (Lipinski definition) is 1. The number of carboxylic acid groups (broad SMARTS) is 1. The number of carbonyl (C=O) groups is 1. The molecule has 15 heavy (non-hydrogen) atoms. The van der Waals surface area contributed by atoms with E-state index in [0.717, 1.165) is 5.56 Å². The van der Waals surface area contributed by atoms with Gasteiger partial charge in [-0.05, 0) is 12.0 Å². The lowest BCUT2D eigenvalue weighted by Gasteiger charge is -2.33. The zero-order valence-corrected chi connectivity index (χ0v) is 8.40. The number of benzene rings is 1. The number of carboxylic acids is 1. The average Bonchev–Trinajstić information content (AvgIpc) is 2.28. The van der Waals surface area contributed by atoms with Crippen molar-refractivity contribution in [3.8, 4) is 0 Å². The van der Waals surface area contributed by atoms with Crippen molar-refractivity contribution in [1.82, 2.24) is 0 Å². The van der Waals surface area contributed by atoms with Gasteiger partial charge >= 0.3 is 5.97 Å². The van der Waals surface area contributed by atoms with E-state index < -0.39 is 11.8 Å². The molecule has 80 valence electrons. The summed E-state index contributed by atoms with van der Waals surface area (Å²) in [6.45, 7) is 0.358. The van der Waals surface area contributed by atoms with Gasteiger partial charge in [0.2, 0.25) is 0 Å². The van der Waals surface area contributed by atoms with Crippen LogP contribution in [0.1, 0.15) is 11.1 Å². The van der Waals surface area contributed by atoms with Gasteiger partial charge in [0.1, 0.15) is 0 Å². The maximum atomic E-state index is 11.2. The summed E-state index contributed by atoms with van der Waals surface area (Å²) in [6.07, 6.45) is 0.717. The minimum absolute atomic E-state index is 0.358. The fraction of sp³-hybridized carbons (Fsp3) is 0.364. The van der Waals surface area contributed by atoms with E-state index in [1.54, 1.807) is 12.1 Å². The highest BCUT2D eigenvalue weighted by atomic mass is 16.7. The van der Waals surface area contributed by atoms with Crippen LogP contribution >= 0.6 is 0 Å². The second-order valence-electron chi connectivity index (χ2n) is 3.38. The summed E-state index contributed by atoms with van der Waals surface area (Å²) in [4.78, 5) is 11.2. The number of ether oxygens (including phenoxy) is 2. The SMILES string of the molecule is COC1(C(=O)O)OCCc2ccccc21. The molecule has 4 nitrogen and oxygen atoms in total. The van der Waals surface area contributed by atoms with Gasteiger partial charge in [-0.2, -0.15) is 0 Å². The fourth-order valence-corrected chi connectivity index (χ4v) is 1.87.